The Morgan fingerprint density at radius 2 is 1.75 bits per heavy atom. The Morgan fingerprint density at radius 3 is 2.29 bits per heavy atom. The maximum absolute atomic E-state index is 12.2. The highest BCUT2D eigenvalue weighted by molar-refractivity contribution is 7.99. The van der Waals surface area contributed by atoms with Gasteiger partial charge < -0.3 is 15.7 Å². The number of aliphatic hydroxyl groups is 1. The lowest BCUT2D eigenvalue weighted by Crippen LogP contribution is -2.54. The number of hydrogen-bond donors (Lipinski definition) is 3. The summed E-state index contributed by atoms with van der Waals surface area (Å²) in [6.07, 6.45) is 1.82. The second-order valence-corrected chi connectivity index (χ2v) is 8.24. The minimum absolute atomic E-state index is 0.0208. The molecule has 0 radical (unpaired) electrons. The Morgan fingerprint density at radius 1 is 1.17 bits per heavy atom. The number of hydrogen-bond acceptors (Lipinski definition) is 4. The second-order valence-electron chi connectivity index (χ2n) is 7.01. The molecule has 1 aliphatic rings. The van der Waals surface area contributed by atoms with Crippen LogP contribution in [-0.4, -0.2) is 41.2 Å². The van der Waals surface area contributed by atoms with Crippen LogP contribution in [0, 0.1) is 0 Å². The van der Waals surface area contributed by atoms with Gasteiger partial charge in [-0.1, -0.05) is 38.1 Å². The average molecular weight is 351 g/mol. The minimum atomic E-state index is -0.287. The summed E-state index contributed by atoms with van der Waals surface area (Å²) in [5.74, 6) is 2.56. The zero-order valence-corrected chi connectivity index (χ0v) is 15.8. The molecule has 1 aromatic carbocycles. The van der Waals surface area contributed by atoms with E-state index in [0.29, 0.717) is 5.92 Å². The highest BCUT2D eigenvalue weighted by atomic mass is 32.2. The van der Waals surface area contributed by atoms with Crippen LogP contribution in [0.1, 0.15) is 56.7 Å². The monoisotopic (exact) mass is 350 g/mol. The maximum Gasteiger partial charge on any atom is 0.234 e. The van der Waals surface area contributed by atoms with Crippen LogP contribution in [-0.2, 0) is 4.79 Å². The SMILES string of the molecule is CC(C)c1ccc(C(C)NC(=O)CNC2(CO)CCSCC2)cc1. The molecule has 0 bridgehead atoms. The number of carbonyl (C=O) groups is 1. The quantitative estimate of drug-likeness (QED) is 0.708. The van der Waals surface area contributed by atoms with E-state index in [2.05, 4.69) is 48.7 Å². The smallest absolute Gasteiger partial charge is 0.234 e. The third-order valence-electron chi connectivity index (χ3n) is 4.86. The molecular formula is C19H30N2O2S. The van der Waals surface area contributed by atoms with Crippen LogP contribution in [0.3, 0.4) is 0 Å². The van der Waals surface area contributed by atoms with Gasteiger partial charge in [-0.05, 0) is 48.3 Å². The van der Waals surface area contributed by atoms with Gasteiger partial charge in [-0.3, -0.25) is 4.79 Å². The van der Waals surface area contributed by atoms with Gasteiger partial charge in [-0.15, -0.1) is 0 Å². The van der Waals surface area contributed by atoms with E-state index in [9.17, 15) is 9.90 Å². The molecule has 24 heavy (non-hydrogen) atoms. The highest BCUT2D eigenvalue weighted by Crippen LogP contribution is 2.26. The maximum atomic E-state index is 12.2. The van der Waals surface area contributed by atoms with Gasteiger partial charge in [0.1, 0.15) is 0 Å². The molecule has 0 aliphatic carbocycles. The van der Waals surface area contributed by atoms with Crippen LogP contribution in [0.2, 0.25) is 0 Å². The second kappa shape index (κ2) is 8.88. The van der Waals surface area contributed by atoms with Gasteiger partial charge >= 0.3 is 0 Å². The fraction of sp³-hybridized carbons (Fsp3) is 0.632. The van der Waals surface area contributed by atoms with Crippen molar-refractivity contribution < 1.29 is 9.90 Å². The number of rotatable bonds is 7. The first-order valence-electron chi connectivity index (χ1n) is 8.78. The van der Waals surface area contributed by atoms with E-state index in [0.717, 1.165) is 29.9 Å². The van der Waals surface area contributed by atoms with E-state index in [1.165, 1.54) is 5.56 Å². The lowest BCUT2D eigenvalue weighted by Gasteiger charge is -2.36. The van der Waals surface area contributed by atoms with E-state index in [4.69, 9.17) is 0 Å². The molecule has 1 aliphatic heterocycles. The predicted molar refractivity (Wildman–Crippen MR) is 101 cm³/mol. The first-order valence-corrected chi connectivity index (χ1v) is 9.94. The van der Waals surface area contributed by atoms with Crippen LogP contribution < -0.4 is 10.6 Å². The molecule has 3 N–H and O–H groups in total. The van der Waals surface area contributed by atoms with E-state index in [-0.39, 0.29) is 30.6 Å². The van der Waals surface area contributed by atoms with Crippen molar-refractivity contribution in [2.24, 2.45) is 0 Å². The normalized spacial score (nSPS) is 18.4. The summed E-state index contributed by atoms with van der Waals surface area (Å²) in [7, 11) is 0. The predicted octanol–water partition coefficient (Wildman–Crippen LogP) is 2.83. The van der Waals surface area contributed by atoms with Crippen molar-refractivity contribution in [2.75, 3.05) is 24.7 Å². The summed E-state index contributed by atoms with van der Waals surface area (Å²) in [6.45, 7) is 6.69. The van der Waals surface area contributed by atoms with Crippen LogP contribution >= 0.6 is 11.8 Å². The lowest BCUT2D eigenvalue weighted by atomic mass is 9.93. The van der Waals surface area contributed by atoms with E-state index in [1.54, 1.807) is 0 Å². The molecule has 2 rings (SSSR count). The number of amides is 1. The molecule has 4 nitrogen and oxygen atoms in total. The van der Waals surface area contributed by atoms with E-state index < -0.39 is 0 Å². The summed E-state index contributed by atoms with van der Waals surface area (Å²) in [4.78, 5) is 12.2. The van der Waals surface area contributed by atoms with Gasteiger partial charge in [-0.25, -0.2) is 0 Å². The Bertz CT molecular complexity index is 525. The number of nitrogens with one attached hydrogen (secondary N) is 2. The highest BCUT2D eigenvalue weighted by Gasteiger charge is 2.31. The summed E-state index contributed by atoms with van der Waals surface area (Å²) >= 11 is 1.91. The molecule has 0 saturated carbocycles. The molecule has 1 unspecified atom stereocenters. The summed E-state index contributed by atoms with van der Waals surface area (Å²) in [6, 6.07) is 8.40. The van der Waals surface area contributed by atoms with Crippen LogP contribution in [0.15, 0.2) is 24.3 Å². The molecular weight excluding hydrogens is 320 g/mol. The molecule has 1 heterocycles. The zero-order chi connectivity index (χ0) is 17.6. The molecule has 1 saturated heterocycles. The topological polar surface area (TPSA) is 61.4 Å². The molecule has 1 atom stereocenters. The Labute approximate surface area is 149 Å². The fourth-order valence-corrected chi connectivity index (χ4v) is 4.24. The van der Waals surface area contributed by atoms with Crippen LogP contribution in [0.5, 0.6) is 0 Å². The van der Waals surface area contributed by atoms with Crippen LogP contribution in [0.25, 0.3) is 0 Å². The number of benzene rings is 1. The van der Waals surface area contributed by atoms with Crippen molar-refractivity contribution in [1.29, 1.82) is 0 Å². The van der Waals surface area contributed by atoms with Crippen LogP contribution in [0.4, 0.5) is 0 Å². The average Bonchev–Trinajstić information content (AvgIpc) is 2.61. The largest absolute Gasteiger partial charge is 0.394 e. The first kappa shape index (κ1) is 19.3. The van der Waals surface area contributed by atoms with E-state index >= 15 is 0 Å². The van der Waals surface area contributed by atoms with Gasteiger partial charge in [0, 0.05) is 5.54 Å². The lowest BCUT2D eigenvalue weighted by molar-refractivity contribution is -0.121. The molecule has 0 aromatic heterocycles. The Hall–Kier alpha value is -1.04. The third kappa shape index (κ3) is 5.23. The summed E-state index contributed by atoms with van der Waals surface area (Å²) in [5.41, 5.74) is 2.13. The molecule has 1 aromatic rings. The molecule has 134 valence electrons. The fourth-order valence-electron chi connectivity index (χ4n) is 2.97. The van der Waals surface area contributed by atoms with Crippen molar-refractivity contribution in [3.8, 4) is 0 Å². The molecule has 1 fully saturated rings. The molecule has 0 spiro atoms. The first-order chi connectivity index (χ1) is 11.5. The van der Waals surface area contributed by atoms with Gasteiger partial charge in [0.25, 0.3) is 0 Å². The number of carbonyl (C=O) groups excluding carboxylic acids is 1. The van der Waals surface area contributed by atoms with Gasteiger partial charge in [-0.2, -0.15) is 11.8 Å². The van der Waals surface area contributed by atoms with E-state index in [1.807, 2.05) is 18.7 Å². The summed E-state index contributed by atoms with van der Waals surface area (Å²) < 4.78 is 0. The molecule has 5 heteroatoms. The standard InChI is InChI=1S/C19H30N2O2S/c1-14(2)16-4-6-17(7-5-16)15(3)21-18(23)12-20-19(13-22)8-10-24-11-9-19/h4-7,14-15,20,22H,8-13H2,1-3H3,(H,21,23). The minimum Gasteiger partial charge on any atom is -0.394 e. The Kier molecular flexibility index (Phi) is 7.14. The zero-order valence-electron chi connectivity index (χ0n) is 15.0. The van der Waals surface area contributed by atoms with Crippen molar-refractivity contribution in [3.63, 3.8) is 0 Å². The van der Waals surface area contributed by atoms with Crippen molar-refractivity contribution in [2.45, 2.75) is 51.1 Å². The van der Waals surface area contributed by atoms with Gasteiger partial charge in [0.05, 0.1) is 19.2 Å². The van der Waals surface area contributed by atoms with Crippen molar-refractivity contribution in [3.05, 3.63) is 35.4 Å². The molecule has 1 amide bonds. The summed E-state index contributed by atoms with van der Waals surface area (Å²) in [5, 5.41) is 16.0. The van der Waals surface area contributed by atoms with Crippen molar-refractivity contribution >= 4 is 17.7 Å². The third-order valence-corrected chi connectivity index (χ3v) is 5.84. The van der Waals surface area contributed by atoms with Crippen molar-refractivity contribution in [1.82, 2.24) is 10.6 Å². The number of thioether (sulfide) groups is 1. The Balaban J connectivity index is 1.84. The van der Waals surface area contributed by atoms with Gasteiger partial charge in [0.15, 0.2) is 0 Å². The van der Waals surface area contributed by atoms with Gasteiger partial charge in [0.2, 0.25) is 5.91 Å². The number of aliphatic hydroxyl groups excluding tert-OH is 1.